The van der Waals surface area contributed by atoms with Gasteiger partial charge in [-0.05, 0) is 52.6 Å². The summed E-state index contributed by atoms with van der Waals surface area (Å²) in [5.41, 5.74) is 0. The third-order valence-corrected chi connectivity index (χ3v) is 5.15. The molecule has 1 saturated carbocycles. The number of piperidine rings is 2. The molecule has 0 unspecified atom stereocenters. The molecule has 1 aliphatic carbocycles. The van der Waals surface area contributed by atoms with Crippen LogP contribution in [0.2, 0.25) is 0 Å². The SMILES string of the molecule is CN1CCC(OC2CC(OC3CCN(C)CC3)C2)CC1. The Morgan fingerprint density at radius 3 is 1.30 bits per heavy atom. The van der Waals surface area contributed by atoms with E-state index in [4.69, 9.17) is 9.47 Å². The average Bonchev–Trinajstić information content (AvgIpc) is 2.41. The number of rotatable bonds is 4. The first-order chi connectivity index (χ1) is 9.69. The van der Waals surface area contributed by atoms with Crippen molar-refractivity contribution in [2.45, 2.75) is 62.9 Å². The van der Waals surface area contributed by atoms with Crippen LogP contribution in [-0.2, 0) is 9.47 Å². The molecule has 0 aromatic carbocycles. The van der Waals surface area contributed by atoms with Gasteiger partial charge in [-0.15, -0.1) is 0 Å². The van der Waals surface area contributed by atoms with E-state index in [1.54, 1.807) is 0 Å². The summed E-state index contributed by atoms with van der Waals surface area (Å²) in [5, 5.41) is 0. The van der Waals surface area contributed by atoms with Gasteiger partial charge in [0.05, 0.1) is 24.4 Å². The van der Waals surface area contributed by atoms with Crippen molar-refractivity contribution in [2.75, 3.05) is 40.3 Å². The van der Waals surface area contributed by atoms with Crippen molar-refractivity contribution in [3.8, 4) is 0 Å². The molecule has 2 heterocycles. The highest BCUT2D eigenvalue weighted by Crippen LogP contribution is 2.31. The Bertz CT molecular complexity index is 263. The van der Waals surface area contributed by atoms with Gasteiger partial charge in [0.1, 0.15) is 0 Å². The van der Waals surface area contributed by atoms with Gasteiger partial charge in [-0.25, -0.2) is 0 Å². The Morgan fingerprint density at radius 1 is 0.600 bits per heavy atom. The summed E-state index contributed by atoms with van der Waals surface area (Å²) in [7, 11) is 4.40. The van der Waals surface area contributed by atoms with Gasteiger partial charge in [0, 0.05) is 26.2 Å². The maximum Gasteiger partial charge on any atom is 0.0628 e. The molecule has 0 bridgehead atoms. The van der Waals surface area contributed by atoms with E-state index < -0.39 is 0 Å². The van der Waals surface area contributed by atoms with Gasteiger partial charge >= 0.3 is 0 Å². The molecule has 0 radical (unpaired) electrons. The van der Waals surface area contributed by atoms with E-state index in [-0.39, 0.29) is 0 Å². The van der Waals surface area contributed by atoms with Crippen LogP contribution >= 0.6 is 0 Å². The Balaban J connectivity index is 1.29. The van der Waals surface area contributed by atoms with Crippen LogP contribution in [0.4, 0.5) is 0 Å². The van der Waals surface area contributed by atoms with E-state index in [1.807, 2.05) is 0 Å². The number of likely N-dealkylation sites (tertiary alicyclic amines) is 2. The summed E-state index contributed by atoms with van der Waals surface area (Å²) in [6, 6.07) is 0. The molecular weight excluding hydrogens is 252 g/mol. The van der Waals surface area contributed by atoms with Crippen molar-refractivity contribution < 1.29 is 9.47 Å². The van der Waals surface area contributed by atoms with Crippen LogP contribution in [0.25, 0.3) is 0 Å². The summed E-state index contributed by atoms with van der Waals surface area (Å²) in [6.07, 6.45) is 9.00. The third-order valence-electron chi connectivity index (χ3n) is 5.15. The van der Waals surface area contributed by atoms with Crippen molar-refractivity contribution >= 4 is 0 Å². The average molecular weight is 282 g/mol. The number of nitrogens with zero attached hydrogens (tertiary/aromatic N) is 2. The van der Waals surface area contributed by atoms with Crippen molar-refractivity contribution in [2.24, 2.45) is 0 Å². The minimum absolute atomic E-state index is 0.472. The molecule has 3 rings (SSSR count). The molecular formula is C16H30N2O2. The first kappa shape index (κ1) is 14.8. The molecule has 0 amide bonds. The highest BCUT2D eigenvalue weighted by atomic mass is 16.5. The van der Waals surface area contributed by atoms with Gasteiger partial charge in [-0.2, -0.15) is 0 Å². The molecule has 0 atom stereocenters. The van der Waals surface area contributed by atoms with Crippen LogP contribution in [0.15, 0.2) is 0 Å². The summed E-state index contributed by atoms with van der Waals surface area (Å²) in [6.45, 7) is 4.75. The zero-order valence-electron chi connectivity index (χ0n) is 13.1. The van der Waals surface area contributed by atoms with Crippen molar-refractivity contribution in [1.82, 2.24) is 9.80 Å². The summed E-state index contributed by atoms with van der Waals surface area (Å²) < 4.78 is 12.4. The van der Waals surface area contributed by atoms with Crippen LogP contribution in [0, 0.1) is 0 Å². The molecule has 20 heavy (non-hydrogen) atoms. The standard InChI is InChI=1S/C16H30N2O2/c1-17-7-3-13(4-8-17)19-15-11-16(12-15)20-14-5-9-18(2)10-6-14/h13-16H,3-12H2,1-2H3. The largest absolute Gasteiger partial charge is 0.375 e. The third kappa shape index (κ3) is 3.94. The molecule has 4 heteroatoms. The minimum Gasteiger partial charge on any atom is -0.375 e. The topological polar surface area (TPSA) is 24.9 Å². The highest BCUT2D eigenvalue weighted by Gasteiger charge is 2.35. The fraction of sp³-hybridized carbons (Fsp3) is 1.00. The molecule has 2 aliphatic heterocycles. The maximum atomic E-state index is 6.20. The zero-order valence-corrected chi connectivity index (χ0v) is 13.1. The molecule has 0 aromatic heterocycles. The first-order valence-electron chi connectivity index (χ1n) is 8.37. The smallest absolute Gasteiger partial charge is 0.0628 e. The van der Waals surface area contributed by atoms with E-state index in [1.165, 1.54) is 51.9 Å². The summed E-state index contributed by atoms with van der Waals surface area (Å²) >= 11 is 0. The summed E-state index contributed by atoms with van der Waals surface area (Å²) in [4.78, 5) is 4.79. The molecule has 3 fully saturated rings. The van der Waals surface area contributed by atoms with E-state index >= 15 is 0 Å². The molecule has 0 spiro atoms. The van der Waals surface area contributed by atoms with Gasteiger partial charge in [-0.1, -0.05) is 0 Å². The predicted octanol–water partition coefficient (Wildman–Crippen LogP) is 1.74. The Labute approximate surface area is 123 Å². The van der Waals surface area contributed by atoms with Crippen molar-refractivity contribution in [3.63, 3.8) is 0 Å². The van der Waals surface area contributed by atoms with Gasteiger partial charge in [-0.3, -0.25) is 0 Å². The quantitative estimate of drug-likeness (QED) is 0.784. The van der Waals surface area contributed by atoms with E-state index in [0.717, 1.165) is 12.8 Å². The van der Waals surface area contributed by atoms with Crippen LogP contribution in [0.3, 0.4) is 0 Å². The van der Waals surface area contributed by atoms with Crippen LogP contribution in [-0.4, -0.2) is 74.5 Å². The van der Waals surface area contributed by atoms with Gasteiger partial charge in [0.25, 0.3) is 0 Å². The Morgan fingerprint density at radius 2 is 0.950 bits per heavy atom. The lowest BCUT2D eigenvalue weighted by atomic mass is 9.90. The fourth-order valence-corrected chi connectivity index (χ4v) is 3.53. The molecule has 116 valence electrons. The number of ether oxygens (including phenoxy) is 2. The summed E-state index contributed by atoms with van der Waals surface area (Å²) in [5.74, 6) is 0. The molecule has 4 nitrogen and oxygen atoms in total. The van der Waals surface area contributed by atoms with Crippen LogP contribution < -0.4 is 0 Å². The monoisotopic (exact) mass is 282 g/mol. The first-order valence-corrected chi connectivity index (χ1v) is 8.37. The lowest BCUT2D eigenvalue weighted by Crippen LogP contribution is -2.45. The van der Waals surface area contributed by atoms with E-state index in [9.17, 15) is 0 Å². The second-order valence-electron chi connectivity index (χ2n) is 6.99. The van der Waals surface area contributed by atoms with Crippen molar-refractivity contribution in [1.29, 1.82) is 0 Å². The van der Waals surface area contributed by atoms with Gasteiger partial charge < -0.3 is 19.3 Å². The van der Waals surface area contributed by atoms with Crippen LogP contribution in [0.1, 0.15) is 38.5 Å². The maximum absolute atomic E-state index is 6.20. The second kappa shape index (κ2) is 6.73. The van der Waals surface area contributed by atoms with E-state index in [0.29, 0.717) is 24.4 Å². The predicted molar refractivity (Wildman–Crippen MR) is 80.0 cm³/mol. The normalized spacial score (nSPS) is 35.1. The van der Waals surface area contributed by atoms with Crippen molar-refractivity contribution in [3.05, 3.63) is 0 Å². The lowest BCUT2D eigenvalue weighted by molar-refractivity contribution is -0.156. The van der Waals surface area contributed by atoms with E-state index in [2.05, 4.69) is 23.9 Å². The Hall–Kier alpha value is -0.160. The molecule has 0 N–H and O–H groups in total. The van der Waals surface area contributed by atoms with Gasteiger partial charge in [0.15, 0.2) is 0 Å². The zero-order chi connectivity index (χ0) is 13.9. The Kier molecular flexibility index (Phi) is 4.97. The number of hydrogen-bond donors (Lipinski definition) is 0. The fourth-order valence-electron chi connectivity index (χ4n) is 3.53. The number of hydrogen-bond acceptors (Lipinski definition) is 4. The molecule has 3 aliphatic rings. The molecule has 2 saturated heterocycles. The lowest BCUT2D eigenvalue weighted by Gasteiger charge is -2.41. The molecule has 0 aromatic rings. The van der Waals surface area contributed by atoms with Crippen LogP contribution in [0.5, 0.6) is 0 Å². The van der Waals surface area contributed by atoms with Gasteiger partial charge in [0.2, 0.25) is 0 Å². The highest BCUT2D eigenvalue weighted by molar-refractivity contribution is 4.85. The second-order valence-corrected chi connectivity index (χ2v) is 6.99. The minimum atomic E-state index is 0.472.